The number of unbranched alkanes of at least 4 members (excludes halogenated alkanes) is 1. The Morgan fingerprint density at radius 2 is 2.05 bits per heavy atom. The molecule has 0 saturated carbocycles. The minimum absolute atomic E-state index is 0.0518. The van der Waals surface area contributed by atoms with E-state index in [-0.39, 0.29) is 5.70 Å². The zero-order chi connectivity index (χ0) is 15.0. The van der Waals surface area contributed by atoms with Gasteiger partial charge in [-0.25, -0.2) is 4.79 Å². The van der Waals surface area contributed by atoms with Gasteiger partial charge in [0.05, 0.1) is 4.92 Å². The smallest absolute Gasteiger partial charge is 0.410 e. The van der Waals surface area contributed by atoms with Gasteiger partial charge in [0.25, 0.3) is 0 Å². The highest BCUT2D eigenvalue weighted by Gasteiger charge is 2.04. The van der Waals surface area contributed by atoms with E-state index in [9.17, 15) is 14.9 Å². The van der Waals surface area contributed by atoms with E-state index in [1.54, 1.807) is 24.3 Å². The van der Waals surface area contributed by atoms with E-state index in [2.05, 4.69) is 5.32 Å². The van der Waals surface area contributed by atoms with Crippen LogP contribution >= 0.6 is 0 Å². The molecule has 6 heteroatoms. The quantitative estimate of drug-likeness (QED) is 0.492. The molecule has 6 nitrogen and oxygen atoms in total. The predicted molar refractivity (Wildman–Crippen MR) is 76.0 cm³/mol. The molecule has 1 amide bonds. The summed E-state index contributed by atoms with van der Waals surface area (Å²) in [6.45, 7) is 4.04. The number of nitro groups is 1. The van der Waals surface area contributed by atoms with Crippen LogP contribution in [0.3, 0.4) is 0 Å². The third kappa shape index (κ3) is 5.51. The second kappa shape index (κ2) is 7.93. The second-order valence-corrected chi connectivity index (χ2v) is 4.28. The maximum atomic E-state index is 11.4. The van der Waals surface area contributed by atoms with Crippen molar-refractivity contribution < 1.29 is 14.5 Å². The molecule has 0 heterocycles. The number of benzene rings is 1. The minimum atomic E-state index is -0.497. The number of rotatable bonds is 6. The van der Waals surface area contributed by atoms with Gasteiger partial charge in [0.2, 0.25) is 5.70 Å². The standard InChI is InChI=1S/C14H18N2O4/c1-3-4-9-15-14(17)20-13-7-5-12(6-8-13)10-11(2)16(18)19/h5-8,10H,3-4,9H2,1-2H3,(H,15,17). The normalized spacial score (nSPS) is 11.0. The van der Waals surface area contributed by atoms with Crippen LogP contribution in [-0.2, 0) is 0 Å². The molecule has 0 unspecified atom stereocenters. The van der Waals surface area contributed by atoms with Gasteiger partial charge in [-0.05, 0) is 24.1 Å². The number of nitrogens with one attached hydrogen (secondary N) is 1. The number of hydrogen-bond acceptors (Lipinski definition) is 4. The molecule has 0 aliphatic rings. The van der Waals surface area contributed by atoms with Crippen molar-refractivity contribution in [2.75, 3.05) is 6.54 Å². The van der Waals surface area contributed by atoms with Crippen LogP contribution in [0.4, 0.5) is 4.79 Å². The zero-order valence-corrected chi connectivity index (χ0v) is 11.6. The lowest BCUT2D eigenvalue weighted by atomic mass is 10.2. The third-order valence-electron chi connectivity index (χ3n) is 2.55. The molecule has 0 saturated heterocycles. The van der Waals surface area contributed by atoms with Gasteiger partial charge in [-0.3, -0.25) is 10.1 Å². The topological polar surface area (TPSA) is 81.5 Å². The van der Waals surface area contributed by atoms with Crippen molar-refractivity contribution in [3.05, 3.63) is 45.6 Å². The summed E-state index contributed by atoms with van der Waals surface area (Å²) >= 11 is 0. The fourth-order valence-electron chi connectivity index (χ4n) is 1.44. The van der Waals surface area contributed by atoms with Crippen LogP contribution < -0.4 is 10.1 Å². The molecule has 0 fully saturated rings. The first-order valence-electron chi connectivity index (χ1n) is 6.41. The number of carbonyl (C=O) groups excluding carboxylic acids is 1. The summed E-state index contributed by atoms with van der Waals surface area (Å²) in [7, 11) is 0. The molecule has 0 aromatic heterocycles. The highest BCUT2D eigenvalue weighted by Crippen LogP contribution is 2.14. The zero-order valence-electron chi connectivity index (χ0n) is 11.6. The summed E-state index contributed by atoms with van der Waals surface area (Å²) in [6.07, 6.45) is 2.85. The van der Waals surface area contributed by atoms with E-state index in [0.29, 0.717) is 17.9 Å². The Bertz CT molecular complexity index is 494. The van der Waals surface area contributed by atoms with Gasteiger partial charge >= 0.3 is 6.09 Å². The Labute approximate surface area is 117 Å². The number of amides is 1. The molecule has 0 bridgehead atoms. The molecule has 1 aromatic carbocycles. The maximum absolute atomic E-state index is 11.4. The van der Waals surface area contributed by atoms with Gasteiger partial charge in [0.1, 0.15) is 5.75 Å². The molecule has 0 atom stereocenters. The molecular formula is C14H18N2O4. The Balaban J connectivity index is 2.56. The summed E-state index contributed by atoms with van der Waals surface area (Å²) in [6, 6.07) is 6.50. The first-order chi connectivity index (χ1) is 9.52. The number of ether oxygens (including phenoxy) is 1. The molecule has 1 aromatic rings. The van der Waals surface area contributed by atoms with Gasteiger partial charge in [0.15, 0.2) is 0 Å². The van der Waals surface area contributed by atoms with Crippen molar-refractivity contribution >= 4 is 12.2 Å². The van der Waals surface area contributed by atoms with Gasteiger partial charge in [-0.1, -0.05) is 25.5 Å². The van der Waals surface area contributed by atoms with Crippen molar-refractivity contribution in [2.24, 2.45) is 0 Å². The van der Waals surface area contributed by atoms with Crippen LogP contribution in [0.1, 0.15) is 32.3 Å². The van der Waals surface area contributed by atoms with Crippen molar-refractivity contribution in [1.29, 1.82) is 0 Å². The predicted octanol–water partition coefficient (Wildman–Crippen LogP) is 3.21. The fourth-order valence-corrected chi connectivity index (χ4v) is 1.44. The van der Waals surface area contributed by atoms with Crippen LogP contribution in [0.15, 0.2) is 30.0 Å². The lowest BCUT2D eigenvalue weighted by molar-refractivity contribution is -0.422. The largest absolute Gasteiger partial charge is 0.412 e. The Morgan fingerprint density at radius 1 is 1.40 bits per heavy atom. The summed E-state index contributed by atoms with van der Waals surface area (Å²) in [4.78, 5) is 21.5. The van der Waals surface area contributed by atoms with E-state index in [4.69, 9.17) is 4.74 Å². The van der Waals surface area contributed by atoms with Crippen molar-refractivity contribution in [3.8, 4) is 5.75 Å². The van der Waals surface area contributed by atoms with Gasteiger partial charge < -0.3 is 10.1 Å². The Kier molecular flexibility index (Phi) is 6.22. The molecule has 0 radical (unpaired) electrons. The fraction of sp³-hybridized carbons (Fsp3) is 0.357. The Morgan fingerprint density at radius 3 is 2.60 bits per heavy atom. The SMILES string of the molecule is CCCCNC(=O)Oc1ccc(C=C(C)[N+](=O)[O-])cc1. The van der Waals surface area contributed by atoms with Crippen LogP contribution in [0, 0.1) is 10.1 Å². The third-order valence-corrected chi connectivity index (χ3v) is 2.55. The minimum Gasteiger partial charge on any atom is -0.410 e. The van der Waals surface area contributed by atoms with Crippen LogP contribution in [0.2, 0.25) is 0 Å². The maximum Gasteiger partial charge on any atom is 0.412 e. The van der Waals surface area contributed by atoms with E-state index in [1.165, 1.54) is 13.0 Å². The van der Waals surface area contributed by atoms with Gasteiger partial charge in [0, 0.05) is 19.5 Å². The second-order valence-electron chi connectivity index (χ2n) is 4.28. The van der Waals surface area contributed by atoms with Gasteiger partial charge in [-0.15, -0.1) is 0 Å². The van der Waals surface area contributed by atoms with E-state index in [1.807, 2.05) is 6.92 Å². The first kappa shape index (κ1) is 15.7. The van der Waals surface area contributed by atoms with Crippen LogP contribution in [0.25, 0.3) is 6.08 Å². The van der Waals surface area contributed by atoms with Crippen molar-refractivity contribution in [3.63, 3.8) is 0 Å². The Hall–Kier alpha value is -2.37. The summed E-state index contributed by atoms with van der Waals surface area (Å²) in [5.74, 6) is 0.398. The molecule has 1 N–H and O–H groups in total. The lowest BCUT2D eigenvalue weighted by Crippen LogP contribution is -2.27. The monoisotopic (exact) mass is 278 g/mol. The lowest BCUT2D eigenvalue weighted by Gasteiger charge is -2.06. The summed E-state index contributed by atoms with van der Waals surface area (Å²) < 4.78 is 5.06. The molecule has 20 heavy (non-hydrogen) atoms. The first-order valence-corrected chi connectivity index (χ1v) is 6.41. The highest BCUT2D eigenvalue weighted by atomic mass is 16.6. The van der Waals surface area contributed by atoms with Crippen LogP contribution in [-0.4, -0.2) is 17.6 Å². The molecule has 1 rings (SSSR count). The average molecular weight is 278 g/mol. The van der Waals surface area contributed by atoms with Crippen LogP contribution in [0.5, 0.6) is 5.75 Å². The molecule has 0 aliphatic carbocycles. The van der Waals surface area contributed by atoms with Crippen molar-refractivity contribution in [1.82, 2.24) is 5.32 Å². The summed E-state index contributed by atoms with van der Waals surface area (Å²) in [5.41, 5.74) is 0.730. The average Bonchev–Trinajstić information content (AvgIpc) is 2.41. The molecular weight excluding hydrogens is 260 g/mol. The number of carbonyl (C=O) groups is 1. The highest BCUT2D eigenvalue weighted by molar-refractivity contribution is 5.70. The number of allylic oxidation sites excluding steroid dienone is 1. The molecule has 0 spiro atoms. The molecule has 0 aliphatic heterocycles. The summed E-state index contributed by atoms with van der Waals surface area (Å²) in [5, 5.41) is 13.1. The van der Waals surface area contributed by atoms with E-state index < -0.39 is 11.0 Å². The van der Waals surface area contributed by atoms with E-state index in [0.717, 1.165) is 12.8 Å². The number of hydrogen-bond donors (Lipinski definition) is 1. The number of nitrogens with zero attached hydrogens (tertiary/aromatic N) is 1. The molecule has 108 valence electrons. The van der Waals surface area contributed by atoms with E-state index >= 15 is 0 Å². The van der Waals surface area contributed by atoms with Gasteiger partial charge in [-0.2, -0.15) is 0 Å². The van der Waals surface area contributed by atoms with Crippen molar-refractivity contribution in [2.45, 2.75) is 26.7 Å².